The number of methoxy groups -OCH3 is 1. The molecule has 0 radical (unpaired) electrons. The molecular weight excluding hydrogens is 302 g/mol. The number of nitrogens with zero attached hydrogens (tertiary/aromatic N) is 2. The Kier molecular flexibility index (Phi) is 4.48. The highest BCUT2D eigenvalue weighted by atomic mass is 16.5. The van der Waals surface area contributed by atoms with Gasteiger partial charge in [0.25, 0.3) is 0 Å². The summed E-state index contributed by atoms with van der Waals surface area (Å²) in [7, 11) is 1.63. The number of hydrogen-bond donors (Lipinski definition) is 1. The number of aromatic nitrogens is 1. The van der Waals surface area contributed by atoms with Crippen molar-refractivity contribution in [2.24, 2.45) is 0 Å². The molecule has 0 bridgehead atoms. The number of nitrogens with one attached hydrogen (secondary N) is 1. The van der Waals surface area contributed by atoms with E-state index in [4.69, 9.17) is 9.15 Å². The van der Waals surface area contributed by atoms with Gasteiger partial charge in [-0.25, -0.2) is 0 Å². The Morgan fingerprint density at radius 3 is 2.46 bits per heavy atom. The molecule has 120 valence electrons. The summed E-state index contributed by atoms with van der Waals surface area (Å²) in [5, 5.41) is 12.4. The normalized spacial score (nSPS) is 10.2. The lowest BCUT2D eigenvalue weighted by molar-refractivity contribution is 0.414. The van der Waals surface area contributed by atoms with E-state index in [2.05, 4.69) is 16.4 Å². The molecule has 0 saturated carbocycles. The molecule has 0 fully saturated rings. The topological polar surface area (TPSA) is 71.1 Å². The van der Waals surface area contributed by atoms with Crippen LogP contribution in [0.2, 0.25) is 0 Å². The minimum Gasteiger partial charge on any atom is -0.497 e. The summed E-state index contributed by atoms with van der Waals surface area (Å²) in [5.74, 6) is 1.62. The van der Waals surface area contributed by atoms with Crippen LogP contribution in [0.3, 0.4) is 0 Å². The fraction of sp³-hybridized carbons (Fsp3) is 0.158. The molecule has 5 heteroatoms. The zero-order valence-electron chi connectivity index (χ0n) is 13.5. The van der Waals surface area contributed by atoms with Gasteiger partial charge in [0.15, 0.2) is 0 Å². The molecule has 24 heavy (non-hydrogen) atoms. The zero-order chi connectivity index (χ0) is 16.9. The Bertz CT molecular complexity index is 859. The molecule has 3 aromatic rings. The first kappa shape index (κ1) is 15.6. The maximum Gasteiger partial charge on any atom is 0.232 e. The van der Waals surface area contributed by atoms with Gasteiger partial charge < -0.3 is 14.5 Å². The third kappa shape index (κ3) is 3.39. The highest BCUT2D eigenvalue weighted by Crippen LogP contribution is 2.26. The first-order valence-corrected chi connectivity index (χ1v) is 7.54. The van der Waals surface area contributed by atoms with Gasteiger partial charge in [-0.15, -0.1) is 0 Å². The van der Waals surface area contributed by atoms with Gasteiger partial charge in [0, 0.05) is 12.1 Å². The first-order chi connectivity index (χ1) is 11.7. The van der Waals surface area contributed by atoms with Crippen LogP contribution < -0.4 is 10.1 Å². The van der Waals surface area contributed by atoms with Crippen molar-refractivity contribution >= 4 is 5.88 Å². The summed E-state index contributed by atoms with van der Waals surface area (Å²) >= 11 is 0. The van der Waals surface area contributed by atoms with Crippen molar-refractivity contribution in [3.63, 3.8) is 0 Å². The Morgan fingerprint density at radius 2 is 1.83 bits per heavy atom. The number of nitriles is 1. The Hall–Kier alpha value is -3.26. The van der Waals surface area contributed by atoms with Crippen molar-refractivity contribution in [1.29, 1.82) is 5.26 Å². The van der Waals surface area contributed by atoms with Crippen LogP contribution in [0.15, 0.2) is 52.9 Å². The van der Waals surface area contributed by atoms with Crippen molar-refractivity contribution in [2.45, 2.75) is 13.5 Å². The number of hydrogen-bond acceptors (Lipinski definition) is 5. The molecular formula is C19H17N3O2. The van der Waals surface area contributed by atoms with Crippen LogP contribution in [0.5, 0.6) is 5.75 Å². The number of oxazole rings is 1. The van der Waals surface area contributed by atoms with E-state index in [-0.39, 0.29) is 5.69 Å². The van der Waals surface area contributed by atoms with E-state index in [9.17, 15) is 5.26 Å². The average molecular weight is 319 g/mol. The number of ether oxygens (including phenoxy) is 1. The Morgan fingerprint density at radius 1 is 1.12 bits per heavy atom. The molecule has 0 unspecified atom stereocenters. The molecule has 0 atom stereocenters. The second kappa shape index (κ2) is 6.88. The lowest BCUT2D eigenvalue weighted by Crippen LogP contribution is -1.99. The Labute approximate surface area is 140 Å². The van der Waals surface area contributed by atoms with E-state index in [1.807, 2.05) is 55.5 Å². The summed E-state index contributed by atoms with van der Waals surface area (Å²) in [4.78, 5) is 4.26. The van der Waals surface area contributed by atoms with E-state index in [1.165, 1.54) is 0 Å². The van der Waals surface area contributed by atoms with Gasteiger partial charge >= 0.3 is 0 Å². The fourth-order valence-corrected chi connectivity index (χ4v) is 2.26. The van der Waals surface area contributed by atoms with Gasteiger partial charge in [0.1, 0.15) is 11.8 Å². The minimum atomic E-state index is 0.249. The SMILES string of the molecule is COc1ccc(CNc2oc(-c3ccc(C)cc3)nc2C#N)cc1. The van der Waals surface area contributed by atoms with E-state index in [1.54, 1.807) is 7.11 Å². The van der Waals surface area contributed by atoms with Crippen molar-refractivity contribution in [2.75, 3.05) is 12.4 Å². The highest BCUT2D eigenvalue weighted by Gasteiger charge is 2.14. The predicted molar refractivity (Wildman–Crippen MR) is 91.7 cm³/mol. The van der Waals surface area contributed by atoms with Crippen LogP contribution in [-0.4, -0.2) is 12.1 Å². The van der Waals surface area contributed by atoms with Crippen molar-refractivity contribution in [1.82, 2.24) is 4.98 Å². The smallest absolute Gasteiger partial charge is 0.232 e. The average Bonchev–Trinajstić information content (AvgIpc) is 3.04. The number of anilines is 1. The molecule has 1 N–H and O–H groups in total. The van der Waals surface area contributed by atoms with Crippen LogP contribution in [0.4, 0.5) is 5.88 Å². The first-order valence-electron chi connectivity index (χ1n) is 7.54. The third-order valence-electron chi connectivity index (χ3n) is 3.64. The number of benzene rings is 2. The van der Waals surface area contributed by atoms with Crippen LogP contribution in [0.1, 0.15) is 16.8 Å². The van der Waals surface area contributed by atoms with Gasteiger partial charge in [-0.1, -0.05) is 29.8 Å². The van der Waals surface area contributed by atoms with E-state index >= 15 is 0 Å². The van der Waals surface area contributed by atoms with Crippen molar-refractivity contribution in [3.05, 3.63) is 65.4 Å². The molecule has 1 aromatic heterocycles. The molecule has 5 nitrogen and oxygen atoms in total. The zero-order valence-corrected chi connectivity index (χ0v) is 13.5. The van der Waals surface area contributed by atoms with Crippen molar-refractivity contribution in [3.8, 4) is 23.3 Å². The minimum absolute atomic E-state index is 0.249. The molecule has 0 spiro atoms. The molecule has 0 aliphatic carbocycles. The molecule has 2 aromatic carbocycles. The molecule has 0 aliphatic heterocycles. The molecule has 1 heterocycles. The summed E-state index contributed by atoms with van der Waals surface area (Å²) in [6.45, 7) is 2.54. The summed E-state index contributed by atoms with van der Waals surface area (Å²) in [6.07, 6.45) is 0. The van der Waals surface area contributed by atoms with Gasteiger partial charge in [0.05, 0.1) is 7.11 Å². The van der Waals surface area contributed by atoms with Crippen LogP contribution in [0, 0.1) is 18.3 Å². The van der Waals surface area contributed by atoms with Gasteiger partial charge in [-0.2, -0.15) is 10.2 Å². The lowest BCUT2D eigenvalue weighted by Gasteiger charge is -2.04. The predicted octanol–water partition coefficient (Wildman–Crippen LogP) is 4.14. The summed E-state index contributed by atoms with van der Waals surface area (Å²) in [5.41, 5.74) is 3.30. The lowest BCUT2D eigenvalue weighted by atomic mass is 10.1. The standard InChI is InChI=1S/C19H17N3O2/c1-13-3-7-15(8-4-13)18-22-17(11-20)19(24-18)21-12-14-5-9-16(23-2)10-6-14/h3-10,21H,12H2,1-2H3. The number of rotatable bonds is 5. The second-order valence-corrected chi connectivity index (χ2v) is 5.38. The molecule has 0 aliphatic rings. The molecule has 0 saturated heterocycles. The largest absolute Gasteiger partial charge is 0.497 e. The van der Waals surface area contributed by atoms with Gasteiger partial charge in [-0.3, -0.25) is 0 Å². The maximum atomic E-state index is 9.26. The van der Waals surface area contributed by atoms with Crippen LogP contribution >= 0.6 is 0 Å². The number of aryl methyl sites for hydroxylation is 1. The third-order valence-corrected chi connectivity index (χ3v) is 3.64. The fourth-order valence-electron chi connectivity index (χ4n) is 2.26. The maximum absolute atomic E-state index is 9.26. The van der Waals surface area contributed by atoms with E-state index < -0.39 is 0 Å². The van der Waals surface area contributed by atoms with Gasteiger partial charge in [-0.05, 0) is 36.8 Å². The molecule has 3 rings (SSSR count). The molecule has 0 amide bonds. The van der Waals surface area contributed by atoms with Crippen LogP contribution in [0.25, 0.3) is 11.5 Å². The van der Waals surface area contributed by atoms with Crippen molar-refractivity contribution < 1.29 is 9.15 Å². The van der Waals surface area contributed by atoms with Gasteiger partial charge in [0.2, 0.25) is 17.5 Å². The summed E-state index contributed by atoms with van der Waals surface area (Å²) in [6, 6.07) is 17.6. The Balaban J connectivity index is 1.77. The van der Waals surface area contributed by atoms with E-state index in [0.717, 1.165) is 22.4 Å². The summed E-state index contributed by atoms with van der Waals surface area (Å²) < 4.78 is 10.9. The van der Waals surface area contributed by atoms with Crippen LogP contribution in [-0.2, 0) is 6.54 Å². The monoisotopic (exact) mass is 319 g/mol. The second-order valence-electron chi connectivity index (χ2n) is 5.38. The quantitative estimate of drug-likeness (QED) is 0.765. The highest BCUT2D eigenvalue weighted by molar-refractivity contribution is 5.59. The van der Waals surface area contributed by atoms with E-state index in [0.29, 0.717) is 18.3 Å².